The van der Waals surface area contributed by atoms with Gasteiger partial charge in [-0.05, 0) is 50.8 Å². The lowest BCUT2D eigenvalue weighted by Gasteiger charge is -2.34. The van der Waals surface area contributed by atoms with E-state index in [0.29, 0.717) is 17.3 Å². The van der Waals surface area contributed by atoms with Crippen LogP contribution in [0.15, 0.2) is 35.6 Å². The molecule has 0 saturated carbocycles. The molecule has 2 heterocycles. The summed E-state index contributed by atoms with van der Waals surface area (Å²) in [6.45, 7) is 4.90. The molecule has 0 unspecified atom stereocenters. The Morgan fingerprint density at radius 3 is 2.96 bits per heavy atom. The molecule has 26 heavy (non-hydrogen) atoms. The minimum absolute atomic E-state index is 0.190. The summed E-state index contributed by atoms with van der Waals surface area (Å²) in [5.74, 6) is 0.605. The Balaban J connectivity index is 1.58. The van der Waals surface area contributed by atoms with Gasteiger partial charge in [-0.15, -0.1) is 0 Å². The van der Waals surface area contributed by atoms with E-state index >= 15 is 0 Å². The molecule has 1 amide bonds. The van der Waals surface area contributed by atoms with Crippen molar-refractivity contribution in [2.75, 3.05) is 22.5 Å². The molecule has 1 aliphatic heterocycles. The Morgan fingerprint density at radius 1 is 1.35 bits per heavy atom. The van der Waals surface area contributed by atoms with Gasteiger partial charge in [0.25, 0.3) is 0 Å². The van der Waals surface area contributed by atoms with Crippen molar-refractivity contribution in [1.82, 2.24) is 9.97 Å². The summed E-state index contributed by atoms with van der Waals surface area (Å²) in [5, 5.41) is 3.47. The van der Waals surface area contributed by atoms with Gasteiger partial charge in [0.1, 0.15) is 23.0 Å². The summed E-state index contributed by atoms with van der Waals surface area (Å²) < 4.78 is 13.6. The van der Waals surface area contributed by atoms with Crippen molar-refractivity contribution in [3.05, 3.63) is 42.0 Å². The first-order valence-electron chi connectivity index (χ1n) is 8.80. The van der Waals surface area contributed by atoms with Crippen LogP contribution in [0.5, 0.6) is 0 Å². The fourth-order valence-electron chi connectivity index (χ4n) is 3.01. The zero-order valence-electron chi connectivity index (χ0n) is 15.0. The van der Waals surface area contributed by atoms with Crippen LogP contribution in [-0.4, -0.2) is 34.2 Å². The van der Waals surface area contributed by atoms with Gasteiger partial charge in [0, 0.05) is 24.3 Å². The second kappa shape index (κ2) is 8.49. The van der Waals surface area contributed by atoms with E-state index in [1.807, 2.05) is 6.07 Å². The Hall–Kier alpha value is -2.15. The molecule has 138 valence electrons. The first kappa shape index (κ1) is 18.6. The van der Waals surface area contributed by atoms with E-state index in [2.05, 4.69) is 27.1 Å². The molecule has 1 saturated heterocycles. The van der Waals surface area contributed by atoms with Crippen molar-refractivity contribution >= 4 is 29.2 Å². The highest BCUT2D eigenvalue weighted by molar-refractivity contribution is 7.99. The van der Waals surface area contributed by atoms with Crippen LogP contribution in [0.25, 0.3) is 0 Å². The van der Waals surface area contributed by atoms with Crippen molar-refractivity contribution in [2.45, 2.75) is 44.2 Å². The number of nitrogens with one attached hydrogen (secondary N) is 1. The summed E-state index contributed by atoms with van der Waals surface area (Å²) in [4.78, 5) is 23.0. The van der Waals surface area contributed by atoms with E-state index in [1.54, 1.807) is 25.4 Å². The van der Waals surface area contributed by atoms with E-state index in [0.717, 1.165) is 17.4 Å². The molecule has 1 N–H and O–H groups in total. The minimum atomic E-state index is -0.327. The fraction of sp³-hybridized carbons (Fsp3) is 0.421. The molecular weight excluding hydrogens is 351 g/mol. The first-order chi connectivity index (χ1) is 12.5. The van der Waals surface area contributed by atoms with Crippen LogP contribution in [0.4, 0.5) is 15.9 Å². The van der Waals surface area contributed by atoms with E-state index < -0.39 is 0 Å². The Morgan fingerprint density at radius 2 is 2.19 bits per heavy atom. The minimum Gasteiger partial charge on any atom is -0.354 e. The van der Waals surface area contributed by atoms with Gasteiger partial charge in [0.05, 0.1) is 5.75 Å². The van der Waals surface area contributed by atoms with Crippen LogP contribution < -0.4 is 10.2 Å². The SMILES string of the molecule is Cc1ccc(NC(=O)CSc2cc(N3CCCC[C@@H]3C)ncn2)cc1F. The lowest BCUT2D eigenvalue weighted by Crippen LogP contribution is -2.38. The Labute approximate surface area is 157 Å². The van der Waals surface area contributed by atoms with Gasteiger partial charge in [0.15, 0.2) is 0 Å². The van der Waals surface area contributed by atoms with E-state index in [1.165, 1.54) is 37.1 Å². The van der Waals surface area contributed by atoms with Crippen LogP contribution in [-0.2, 0) is 4.79 Å². The van der Waals surface area contributed by atoms with Gasteiger partial charge in [-0.25, -0.2) is 14.4 Å². The van der Waals surface area contributed by atoms with Gasteiger partial charge in [-0.1, -0.05) is 17.8 Å². The second-order valence-corrected chi connectivity index (χ2v) is 7.55. The molecule has 0 aliphatic carbocycles. The zero-order chi connectivity index (χ0) is 18.5. The third kappa shape index (κ3) is 4.72. The van der Waals surface area contributed by atoms with Crippen molar-refractivity contribution in [3.63, 3.8) is 0 Å². The number of hydrogen-bond acceptors (Lipinski definition) is 5. The molecule has 5 nitrogen and oxygen atoms in total. The first-order valence-corrected chi connectivity index (χ1v) is 9.79. The van der Waals surface area contributed by atoms with Crippen LogP contribution in [0.3, 0.4) is 0 Å². The van der Waals surface area contributed by atoms with Gasteiger partial charge >= 0.3 is 0 Å². The number of aromatic nitrogens is 2. The maximum Gasteiger partial charge on any atom is 0.234 e. The molecule has 0 spiro atoms. The summed E-state index contributed by atoms with van der Waals surface area (Å²) >= 11 is 1.35. The molecule has 1 atom stereocenters. The smallest absolute Gasteiger partial charge is 0.234 e. The highest BCUT2D eigenvalue weighted by Gasteiger charge is 2.20. The van der Waals surface area contributed by atoms with E-state index in [4.69, 9.17) is 0 Å². The number of amides is 1. The predicted molar refractivity (Wildman–Crippen MR) is 103 cm³/mol. The van der Waals surface area contributed by atoms with Crippen LogP contribution in [0.1, 0.15) is 31.7 Å². The molecule has 1 aromatic heterocycles. The molecule has 0 bridgehead atoms. The average molecular weight is 374 g/mol. The highest BCUT2D eigenvalue weighted by Crippen LogP contribution is 2.25. The molecule has 0 radical (unpaired) electrons. The number of rotatable bonds is 5. The lowest BCUT2D eigenvalue weighted by atomic mass is 10.0. The van der Waals surface area contributed by atoms with Crippen LogP contribution in [0.2, 0.25) is 0 Å². The van der Waals surface area contributed by atoms with Gasteiger partial charge in [0.2, 0.25) is 5.91 Å². The molecule has 3 rings (SSSR count). The quantitative estimate of drug-likeness (QED) is 0.632. The van der Waals surface area contributed by atoms with Gasteiger partial charge in [-0.2, -0.15) is 0 Å². The second-order valence-electron chi connectivity index (χ2n) is 6.55. The standard InChI is InChI=1S/C19H23FN4OS/c1-13-6-7-15(9-16(13)20)23-18(25)11-26-19-10-17(21-12-22-19)24-8-4-3-5-14(24)2/h6-7,9-10,12,14H,3-5,8,11H2,1-2H3,(H,23,25)/t14-/m0/s1. The number of piperidine rings is 1. The zero-order valence-corrected chi connectivity index (χ0v) is 15.9. The topological polar surface area (TPSA) is 58.1 Å². The number of nitrogens with zero attached hydrogens (tertiary/aromatic N) is 3. The summed E-state index contributed by atoms with van der Waals surface area (Å²) in [7, 11) is 0. The number of carbonyl (C=O) groups is 1. The van der Waals surface area contributed by atoms with E-state index in [9.17, 15) is 9.18 Å². The summed E-state index contributed by atoms with van der Waals surface area (Å²) in [6, 6.07) is 7.08. The predicted octanol–water partition coefficient (Wildman–Crippen LogP) is 4.03. The number of thioether (sulfide) groups is 1. The van der Waals surface area contributed by atoms with Crippen molar-refractivity contribution < 1.29 is 9.18 Å². The number of hydrogen-bond donors (Lipinski definition) is 1. The van der Waals surface area contributed by atoms with Crippen molar-refractivity contribution in [2.24, 2.45) is 0 Å². The third-order valence-corrected chi connectivity index (χ3v) is 5.46. The average Bonchev–Trinajstić information content (AvgIpc) is 2.64. The normalized spacial score (nSPS) is 17.2. The molecule has 2 aromatic rings. The molecule has 1 aromatic carbocycles. The Kier molecular flexibility index (Phi) is 6.08. The summed E-state index contributed by atoms with van der Waals surface area (Å²) in [6.07, 6.45) is 5.14. The van der Waals surface area contributed by atoms with Crippen molar-refractivity contribution in [3.8, 4) is 0 Å². The molecule has 7 heteroatoms. The van der Waals surface area contributed by atoms with Crippen LogP contribution in [0, 0.1) is 12.7 Å². The monoisotopic (exact) mass is 374 g/mol. The lowest BCUT2D eigenvalue weighted by molar-refractivity contribution is -0.113. The maximum atomic E-state index is 13.6. The number of aryl methyl sites for hydroxylation is 1. The number of anilines is 2. The molecular formula is C19H23FN4OS. The number of benzene rings is 1. The molecule has 1 aliphatic rings. The largest absolute Gasteiger partial charge is 0.354 e. The highest BCUT2D eigenvalue weighted by atomic mass is 32.2. The number of halogens is 1. The fourth-order valence-corrected chi connectivity index (χ4v) is 3.67. The molecule has 1 fully saturated rings. The number of carbonyl (C=O) groups excluding carboxylic acids is 1. The van der Waals surface area contributed by atoms with Crippen molar-refractivity contribution in [1.29, 1.82) is 0 Å². The van der Waals surface area contributed by atoms with Gasteiger partial charge in [-0.3, -0.25) is 4.79 Å². The van der Waals surface area contributed by atoms with E-state index in [-0.39, 0.29) is 17.5 Å². The summed E-state index contributed by atoms with van der Waals surface area (Å²) in [5.41, 5.74) is 1.02. The third-order valence-electron chi connectivity index (χ3n) is 4.53. The van der Waals surface area contributed by atoms with Gasteiger partial charge < -0.3 is 10.2 Å². The van der Waals surface area contributed by atoms with Crippen LogP contribution >= 0.6 is 11.8 Å². The Bertz CT molecular complexity index is 786. The maximum absolute atomic E-state index is 13.6.